The summed E-state index contributed by atoms with van der Waals surface area (Å²) in [6.07, 6.45) is 2.20. The van der Waals surface area contributed by atoms with Gasteiger partial charge in [-0.05, 0) is 30.9 Å². The molecular formula is C20H21N3O5. The highest BCUT2D eigenvalue weighted by Crippen LogP contribution is 2.34. The molecule has 2 aromatic rings. The fourth-order valence-electron chi connectivity index (χ4n) is 3.89. The van der Waals surface area contributed by atoms with Gasteiger partial charge in [0.2, 0.25) is 6.10 Å². The largest absolute Gasteiger partial charge is 0.485 e. The van der Waals surface area contributed by atoms with Crippen molar-refractivity contribution in [2.45, 2.75) is 38.5 Å². The molecule has 2 aliphatic heterocycles. The first-order chi connectivity index (χ1) is 13.6. The van der Waals surface area contributed by atoms with Crippen molar-refractivity contribution in [1.29, 1.82) is 0 Å². The molecular weight excluding hydrogens is 362 g/mol. The van der Waals surface area contributed by atoms with E-state index in [9.17, 15) is 14.7 Å². The van der Waals surface area contributed by atoms with Gasteiger partial charge in [-0.1, -0.05) is 12.1 Å². The normalized spacial score (nSPS) is 20.6. The minimum absolute atomic E-state index is 0.0549. The molecule has 8 heteroatoms. The highest BCUT2D eigenvalue weighted by molar-refractivity contribution is 5.88. The Morgan fingerprint density at radius 2 is 2.00 bits per heavy atom. The first kappa shape index (κ1) is 17.1. The van der Waals surface area contributed by atoms with Gasteiger partial charge in [-0.2, -0.15) is 5.10 Å². The third-order valence-electron chi connectivity index (χ3n) is 5.56. The maximum Gasteiger partial charge on any atom is 0.356 e. The second-order valence-electron chi connectivity index (χ2n) is 7.58. The average molecular weight is 383 g/mol. The molecule has 3 aliphatic rings. The number of benzene rings is 1. The Morgan fingerprint density at radius 3 is 2.75 bits per heavy atom. The summed E-state index contributed by atoms with van der Waals surface area (Å²) in [6, 6.07) is 7.25. The van der Waals surface area contributed by atoms with Crippen LogP contribution in [-0.2, 0) is 24.3 Å². The molecule has 5 rings (SSSR count). The van der Waals surface area contributed by atoms with E-state index in [1.54, 1.807) is 17.0 Å². The average Bonchev–Trinajstić information content (AvgIpc) is 3.46. The van der Waals surface area contributed by atoms with Gasteiger partial charge in [-0.3, -0.25) is 9.48 Å². The molecule has 1 aromatic heterocycles. The van der Waals surface area contributed by atoms with Crippen LogP contribution in [0.2, 0.25) is 0 Å². The van der Waals surface area contributed by atoms with Gasteiger partial charge in [0.1, 0.15) is 6.61 Å². The Kier molecular flexibility index (Phi) is 3.99. The quantitative estimate of drug-likeness (QED) is 0.864. The van der Waals surface area contributed by atoms with Crippen LogP contribution in [0.3, 0.4) is 0 Å². The van der Waals surface area contributed by atoms with E-state index in [4.69, 9.17) is 9.47 Å². The van der Waals surface area contributed by atoms with E-state index in [0.717, 1.165) is 12.2 Å². The zero-order valence-corrected chi connectivity index (χ0v) is 15.3. The van der Waals surface area contributed by atoms with E-state index >= 15 is 0 Å². The third-order valence-corrected chi connectivity index (χ3v) is 5.56. The number of ether oxygens (including phenoxy) is 2. The van der Waals surface area contributed by atoms with E-state index in [-0.39, 0.29) is 24.8 Å². The van der Waals surface area contributed by atoms with Gasteiger partial charge in [0, 0.05) is 30.8 Å². The Balaban J connectivity index is 1.36. The van der Waals surface area contributed by atoms with Crippen LogP contribution in [0.1, 0.15) is 34.6 Å². The van der Waals surface area contributed by atoms with Crippen molar-refractivity contribution in [2.75, 3.05) is 13.2 Å². The molecule has 1 aliphatic carbocycles. The number of rotatable bonds is 4. The zero-order chi connectivity index (χ0) is 19.3. The van der Waals surface area contributed by atoms with E-state index in [0.29, 0.717) is 35.9 Å². The van der Waals surface area contributed by atoms with Crippen molar-refractivity contribution in [1.82, 2.24) is 14.7 Å². The Labute approximate surface area is 161 Å². The highest BCUT2D eigenvalue weighted by atomic mass is 16.6. The van der Waals surface area contributed by atoms with Crippen LogP contribution < -0.4 is 9.47 Å². The SMILES string of the molecule is O=C(O)c1nn(CC2CC2)c2c1CN(C(=O)[C@@H]1COc3ccccc3O1)CC2. The van der Waals surface area contributed by atoms with Crippen LogP contribution in [0.5, 0.6) is 11.5 Å². The van der Waals surface area contributed by atoms with Gasteiger partial charge in [0.25, 0.3) is 5.91 Å². The lowest BCUT2D eigenvalue weighted by molar-refractivity contribution is -0.142. The fraction of sp³-hybridized carbons (Fsp3) is 0.450. The van der Waals surface area contributed by atoms with Crippen LogP contribution in [0.15, 0.2) is 24.3 Å². The first-order valence-corrected chi connectivity index (χ1v) is 9.59. The molecule has 8 nitrogen and oxygen atoms in total. The van der Waals surface area contributed by atoms with Crippen LogP contribution in [0, 0.1) is 5.92 Å². The Morgan fingerprint density at radius 1 is 1.21 bits per heavy atom. The molecule has 146 valence electrons. The predicted octanol–water partition coefficient (Wildman–Crippen LogP) is 1.72. The molecule has 0 unspecified atom stereocenters. The standard InChI is InChI=1S/C20H21N3O5/c24-19(17-11-27-15-3-1-2-4-16(15)28-17)22-8-7-14-13(10-22)18(20(25)26)21-23(14)9-12-5-6-12/h1-4,12,17H,5-11H2,(H,25,26)/t17-/m0/s1. The number of para-hydroxylation sites is 2. The second kappa shape index (κ2) is 6.54. The maximum atomic E-state index is 13.0. The Bertz CT molecular complexity index is 949. The van der Waals surface area contributed by atoms with Gasteiger partial charge in [-0.15, -0.1) is 0 Å². The number of hydrogen-bond donors (Lipinski definition) is 1. The van der Waals surface area contributed by atoms with Gasteiger partial charge >= 0.3 is 5.97 Å². The molecule has 0 radical (unpaired) electrons. The fourth-order valence-corrected chi connectivity index (χ4v) is 3.89. The van der Waals surface area contributed by atoms with Gasteiger partial charge < -0.3 is 19.5 Å². The van der Waals surface area contributed by atoms with Crippen molar-refractivity contribution in [2.24, 2.45) is 5.92 Å². The van der Waals surface area contributed by atoms with E-state index < -0.39 is 12.1 Å². The number of carboxylic acids is 1. The van der Waals surface area contributed by atoms with E-state index in [1.165, 1.54) is 12.8 Å². The number of fused-ring (bicyclic) bond motifs is 2. The zero-order valence-electron chi connectivity index (χ0n) is 15.3. The van der Waals surface area contributed by atoms with Crippen molar-refractivity contribution in [3.05, 3.63) is 41.2 Å². The first-order valence-electron chi connectivity index (χ1n) is 9.59. The van der Waals surface area contributed by atoms with Gasteiger partial charge in [0.05, 0.1) is 6.54 Å². The highest BCUT2D eigenvalue weighted by Gasteiger charge is 2.36. The molecule has 0 spiro atoms. The summed E-state index contributed by atoms with van der Waals surface area (Å²) in [5.41, 5.74) is 1.64. The van der Waals surface area contributed by atoms with Crippen LogP contribution in [0.25, 0.3) is 0 Å². The van der Waals surface area contributed by atoms with Gasteiger partial charge in [-0.25, -0.2) is 4.79 Å². The second-order valence-corrected chi connectivity index (χ2v) is 7.58. The van der Waals surface area contributed by atoms with Gasteiger partial charge in [0.15, 0.2) is 17.2 Å². The maximum absolute atomic E-state index is 13.0. The number of hydrogen-bond acceptors (Lipinski definition) is 5. The van der Waals surface area contributed by atoms with Crippen LogP contribution >= 0.6 is 0 Å². The lowest BCUT2D eigenvalue weighted by Crippen LogP contribution is -2.48. The minimum atomic E-state index is -1.05. The van der Waals surface area contributed by atoms with E-state index in [1.807, 2.05) is 16.8 Å². The van der Waals surface area contributed by atoms with Crippen molar-refractivity contribution >= 4 is 11.9 Å². The monoisotopic (exact) mass is 383 g/mol. The molecule has 1 atom stereocenters. The molecule has 1 N–H and O–H groups in total. The number of aromatic carboxylic acids is 1. The number of carbonyl (C=O) groups excluding carboxylic acids is 1. The number of carboxylic acid groups (broad SMARTS) is 1. The van der Waals surface area contributed by atoms with Crippen molar-refractivity contribution in [3.63, 3.8) is 0 Å². The van der Waals surface area contributed by atoms with Crippen molar-refractivity contribution < 1.29 is 24.2 Å². The molecule has 28 heavy (non-hydrogen) atoms. The lowest BCUT2D eigenvalue weighted by Gasteiger charge is -2.33. The molecule has 3 heterocycles. The molecule has 1 fully saturated rings. The Hall–Kier alpha value is -3.03. The van der Waals surface area contributed by atoms with Crippen LogP contribution in [-0.4, -0.2) is 50.9 Å². The topological polar surface area (TPSA) is 93.9 Å². The third kappa shape index (κ3) is 2.98. The summed E-state index contributed by atoms with van der Waals surface area (Å²) in [6.45, 7) is 1.66. The summed E-state index contributed by atoms with van der Waals surface area (Å²) in [5.74, 6) is 0.533. The number of amides is 1. The van der Waals surface area contributed by atoms with Crippen LogP contribution in [0.4, 0.5) is 0 Å². The summed E-state index contributed by atoms with van der Waals surface area (Å²) >= 11 is 0. The summed E-state index contributed by atoms with van der Waals surface area (Å²) in [4.78, 5) is 26.3. The summed E-state index contributed by atoms with van der Waals surface area (Å²) in [7, 11) is 0. The molecule has 1 amide bonds. The smallest absolute Gasteiger partial charge is 0.356 e. The molecule has 1 saturated carbocycles. The molecule has 0 saturated heterocycles. The predicted molar refractivity (Wildman–Crippen MR) is 97.4 cm³/mol. The molecule has 0 bridgehead atoms. The minimum Gasteiger partial charge on any atom is -0.485 e. The summed E-state index contributed by atoms with van der Waals surface area (Å²) in [5, 5.41) is 13.9. The lowest BCUT2D eigenvalue weighted by atomic mass is 10.0. The summed E-state index contributed by atoms with van der Waals surface area (Å²) < 4.78 is 13.3. The number of carbonyl (C=O) groups is 2. The number of aromatic nitrogens is 2. The van der Waals surface area contributed by atoms with E-state index in [2.05, 4.69) is 5.10 Å². The number of nitrogens with zero attached hydrogens (tertiary/aromatic N) is 3. The molecule has 1 aromatic carbocycles. The van der Waals surface area contributed by atoms with Crippen molar-refractivity contribution in [3.8, 4) is 11.5 Å².